The maximum atomic E-state index is 14.0. The van der Waals surface area contributed by atoms with Gasteiger partial charge in [-0.1, -0.05) is 55.5 Å². The second-order valence-electron chi connectivity index (χ2n) is 9.91. The Labute approximate surface area is 249 Å². The molecule has 1 fully saturated rings. The maximum absolute atomic E-state index is 14.0. The minimum atomic E-state index is -4.14. The van der Waals surface area contributed by atoms with Gasteiger partial charge >= 0.3 is 0 Å². The monoisotopic (exact) mass is 628 g/mol. The molecule has 1 saturated carbocycles. The Morgan fingerprint density at radius 2 is 1.83 bits per heavy atom. The molecule has 1 unspecified atom stereocenters. The van der Waals surface area contributed by atoms with Crippen molar-refractivity contribution in [1.82, 2.24) is 10.2 Å². The zero-order valence-electron chi connectivity index (χ0n) is 23.1. The number of benzene rings is 2. The van der Waals surface area contributed by atoms with Crippen molar-refractivity contribution < 1.29 is 27.7 Å². The number of carbonyl (C=O) groups is 2. The molecule has 2 aromatic carbocycles. The van der Waals surface area contributed by atoms with E-state index < -0.39 is 33.4 Å². The van der Waals surface area contributed by atoms with Crippen molar-refractivity contribution >= 4 is 56.4 Å². The lowest BCUT2D eigenvalue weighted by atomic mass is 9.95. The number of nitrogens with zero attached hydrogens (tertiary/aromatic N) is 3. The molecule has 0 aromatic heterocycles. The van der Waals surface area contributed by atoms with Gasteiger partial charge in [-0.2, -0.15) is 0 Å². The highest BCUT2D eigenvalue weighted by atomic mass is 35.5. The quantitative estimate of drug-likeness (QED) is 0.259. The number of anilines is 1. The molecule has 3 rings (SSSR count). The van der Waals surface area contributed by atoms with Crippen LogP contribution in [0.4, 0.5) is 11.4 Å². The topological polar surface area (TPSA) is 139 Å². The fourth-order valence-corrected chi connectivity index (χ4v) is 6.19. The molecular weight excluding hydrogens is 595 g/mol. The Hall–Kier alpha value is -3.09. The third-order valence-electron chi connectivity index (χ3n) is 7.01. The predicted octanol–water partition coefficient (Wildman–Crippen LogP) is 4.93. The summed E-state index contributed by atoms with van der Waals surface area (Å²) in [6, 6.07) is 7.25. The smallest absolute Gasteiger partial charge is 0.271 e. The van der Waals surface area contributed by atoms with E-state index in [-0.39, 0.29) is 47.1 Å². The molecule has 2 aromatic rings. The van der Waals surface area contributed by atoms with Crippen LogP contribution in [0.1, 0.15) is 51.0 Å². The predicted molar refractivity (Wildman–Crippen MR) is 158 cm³/mol. The van der Waals surface area contributed by atoms with Gasteiger partial charge in [0, 0.05) is 34.8 Å². The van der Waals surface area contributed by atoms with Crippen molar-refractivity contribution in [2.45, 2.75) is 64.1 Å². The van der Waals surface area contributed by atoms with E-state index in [0.29, 0.717) is 10.6 Å². The SMILES string of the molecule is CCC(C(=O)NC1CCCCC1)N(Cc1ccc(Cl)cc1Cl)C(=O)CN(c1cc([N+](=O)[O-])ccc1OC)S(C)(=O)=O. The van der Waals surface area contributed by atoms with E-state index >= 15 is 0 Å². The van der Waals surface area contributed by atoms with E-state index in [1.165, 1.54) is 30.2 Å². The van der Waals surface area contributed by atoms with E-state index in [4.69, 9.17) is 27.9 Å². The molecule has 0 bridgehead atoms. The first-order chi connectivity index (χ1) is 19.3. The van der Waals surface area contributed by atoms with E-state index in [1.54, 1.807) is 19.1 Å². The number of non-ortho nitro benzene ring substituents is 1. The zero-order chi connectivity index (χ0) is 30.3. The second-order valence-corrected chi connectivity index (χ2v) is 12.7. The first kappa shape index (κ1) is 32.4. The number of nitro benzene ring substituents is 1. The Morgan fingerprint density at radius 1 is 1.15 bits per heavy atom. The van der Waals surface area contributed by atoms with E-state index in [9.17, 15) is 28.1 Å². The number of carbonyl (C=O) groups excluding carboxylic acids is 2. The summed E-state index contributed by atoms with van der Waals surface area (Å²) in [4.78, 5) is 39.5. The number of rotatable bonds is 12. The standard InChI is InChI=1S/C27H34Cl2N4O7S/c1-4-23(27(35)30-20-8-6-5-7-9-20)31(16-18-10-11-19(28)14-22(18)29)26(34)17-32(41(3,38)39)24-15-21(33(36)37)12-13-25(24)40-2/h10-15,20,23H,4-9,16-17H2,1-3H3,(H,30,35). The third-order valence-corrected chi connectivity index (χ3v) is 8.73. The Morgan fingerprint density at radius 3 is 2.39 bits per heavy atom. The number of halogens is 2. The molecule has 1 aliphatic rings. The van der Waals surface area contributed by atoms with Crippen LogP contribution in [-0.2, 0) is 26.2 Å². The number of methoxy groups -OCH3 is 1. The van der Waals surface area contributed by atoms with Crippen LogP contribution >= 0.6 is 23.2 Å². The summed E-state index contributed by atoms with van der Waals surface area (Å²) in [6.07, 6.45) is 5.91. The lowest BCUT2D eigenvalue weighted by molar-refractivity contribution is -0.384. The van der Waals surface area contributed by atoms with Gasteiger partial charge in [-0.15, -0.1) is 0 Å². The normalized spacial score (nSPS) is 14.7. The molecule has 0 spiro atoms. The first-order valence-electron chi connectivity index (χ1n) is 13.2. The summed E-state index contributed by atoms with van der Waals surface area (Å²) in [5.74, 6) is -1.04. The van der Waals surface area contributed by atoms with Gasteiger partial charge in [0.2, 0.25) is 21.8 Å². The summed E-state index contributed by atoms with van der Waals surface area (Å²) in [5, 5.41) is 15.2. The molecule has 1 aliphatic carbocycles. The van der Waals surface area contributed by atoms with Crippen LogP contribution in [0.2, 0.25) is 10.0 Å². The third kappa shape index (κ3) is 8.46. The largest absolute Gasteiger partial charge is 0.495 e. The van der Waals surface area contributed by atoms with Gasteiger partial charge in [0.1, 0.15) is 24.0 Å². The molecule has 2 amide bonds. The highest BCUT2D eigenvalue weighted by molar-refractivity contribution is 7.92. The molecule has 0 heterocycles. The van der Waals surface area contributed by atoms with Gasteiger partial charge < -0.3 is 15.0 Å². The molecule has 0 aliphatic heterocycles. The Balaban J connectivity index is 2.02. The molecule has 0 saturated heterocycles. The fourth-order valence-electron chi connectivity index (χ4n) is 4.88. The van der Waals surface area contributed by atoms with Gasteiger partial charge in [0.15, 0.2) is 0 Å². The van der Waals surface area contributed by atoms with Crippen LogP contribution in [0.25, 0.3) is 0 Å². The van der Waals surface area contributed by atoms with E-state index in [1.807, 2.05) is 0 Å². The molecule has 1 N–H and O–H groups in total. The van der Waals surface area contributed by atoms with Gasteiger partial charge in [0.05, 0.1) is 18.3 Å². The molecule has 224 valence electrons. The van der Waals surface area contributed by atoms with Gasteiger partial charge in [0.25, 0.3) is 5.69 Å². The fraction of sp³-hybridized carbons (Fsp3) is 0.481. The van der Waals surface area contributed by atoms with Crippen LogP contribution in [0.15, 0.2) is 36.4 Å². The van der Waals surface area contributed by atoms with Crippen LogP contribution in [0.5, 0.6) is 5.75 Å². The van der Waals surface area contributed by atoms with E-state index in [2.05, 4.69) is 5.32 Å². The summed E-state index contributed by atoms with van der Waals surface area (Å²) < 4.78 is 31.9. The van der Waals surface area contributed by atoms with Crippen LogP contribution in [-0.4, -0.2) is 62.0 Å². The summed E-state index contributed by atoms with van der Waals surface area (Å²) >= 11 is 12.5. The van der Waals surface area contributed by atoms with Crippen molar-refractivity contribution in [1.29, 1.82) is 0 Å². The number of hydrogen-bond acceptors (Lipinski definition) is 7. The minimum absolute atomic E-state index is 0.0111. The average molecular weight is 630 g/mol. The van der Waals surface area contributed by atoms with Crippen molar-refractivity contribution in [3.63, 3.8) is 0 Å². The summed E-state index contributed by atoms with van der Waals surface area (Å²) in [7, 11) is -2.86. The highest BCUT2D eigenvalue weighted by Crippen LogP contribution is 2.34. The van der Waals surface area contributed by atoms with Crippen LogP contribution in [0, 0.1) is 10.1 Å². The summed E-state index contributed by atoms with van der Waals surface area (Å²) in [6.45, 7) is 0.913. The average Bonchev–Trinajstić information content (AvgIpc) is 2.92. The Kier molecular flexibility index (Phi) is 11.2. The number of sulfonamides is 1. The van der Waals surface area contributed by atoms with Crippen LogP contribution in [0.3, 0.4) is 0 Å². The number of amides is 2. The lowest BCUT2D eigenvalue weighted by Gasteiger charge is -2.34. The summed E-state index contributed by atoms with van der Waals surface area (Å²) in [5.41, 5.74) is -0.0566. The maximum Gasteiger partial charge on any atom is 0.271 e. The van der Waals surface area contributed by atoms with Crippen molar-refractivity contribution in [3.05, 3.63) is 62.1 Å². The molecule has 11 nitrogen and oxygen atoms in total. The van der Waals surface area contributed by atoms with E-state index in [0.717, 1.165) is 48.7 Å². The van der Waals surface area contributed by atoms with Crippen molar-refractivity contribution in [2.75, 3.05) is 24.2 Å². The first-order valence-corrected chi connectivity index (χ1v) is 15.8. The lowest BCUT2D eigenvalue weighted by Crippen LogP contribution is -2.54. The second kappa shape index (κ2) is 14.2. The van der Waals surface area contributed by atoms with Crippen LogP contribution < -0.4 is 14.4 Å². The Bertz CT molecular complexity index is 1380. The molecule has 1 atom stereocenters. The molecular formula is C27H34Cl2N4O7S. The number of nitro groups is 1. The number of hydrogen-bond donors (Lipinski definition) is 1. The van der Waals surface area contributed by atoms with Crippen molar-refractivity contribution in [3.8, 4) is 5.75 Å². The number of nitrogens with one attached hydrogen (secondary N) is 1. The highest BCUT2D eigenvalue weighted by Gasteiger charge is 2.34. The van der Waals surface area contributed by atoms with Crippen molar-refractivity contribution in [2.24, 2.45) is 0 Å². The molecule has 41 heavy (non-hydrogen) atoms. The minimum Gasteiger partial charge on any atom is -0.495 e. The van der Waals surface area contributed by atoms with Gasteiger partial charge in [-0.3, -0.25) is 24.0 Å². The number of ether oxygens (including phenoxy) is 1. The van der Waals surface area contributed by atoms with Gasteiger partial charge in [-0.25, -0.2) is 8.42 Å². The zero-order valence-corrected chi connectivity index (χ0v) is 25.5. The molecule has 0 radical (unpaired) electrons. The molecule has 14 heteroatoms. The van der Waals surface area contributed by atoms with Gasteiger partial charge in [-0.05, 0) is 43.0 Å².